The van der Waals surface area contributed by atoms with Gasteiger partial charge in [-0.25, -0.2) is 0 Å². The van der Waals surface area contributed by atoms with E-state index >= 15 is 0 Å². The number of nitrogens with one attached hydrogen (secondary N) is 1. The average Bonchev–Trinajstić information content (AvgIpc) is 3.18. The highest BCUT2D eigenvalue weighted by atomic mass is 16.6. The molecule has 0 radical (unpaired) electrons. The Kier molecular flexibility index (Phi) is 3.81. The summed E-state index contributed by atoms with van der Waals surface area (Å²) in [6.07, 6.45) is 7.66. The maximum absolute atomic E-state index is 10.7. The van der Waals surface area contributed by atoms with Crippen LogP contribution in [0.15, 0.2) is 36.4 Å². The number of non-ortho nitro benzene ring substituents is 1. The number of nitrogens with zero attached hydrogens (tertiary/aromatic N) is 2. The minimum atomic E-state index is -0.338. The normalized spacial score (nSPS) is 30.1. The molecule has 1 N–H and O–H groups in total. The fourth-order valence-electron chi connectivity index (χ4n) is 4.57. The first kappa shape index (κ1) is 14.7. The minimum Gasteiger partial charge on any atom is -0.360 e. The van der Waals surface area contributed by atoms with Gasteiger partial charge in [-0.05, 0) is 36.8 Å². The molecule has 0 amide bonds. The molecular weight excluding hydrogens is 290 g/mol. The Bertz CT molecular complexity index is 605. The fourth-order valence-corrected chi connectivity index (χ4v) is 4.57. The van der Waals surface area contributed by atoms with Crippen LogP contribution in [0.4, 0.5) is 11.4 Å². The van der Waals surface area contributed by atoms with E-state index in [1.165, 1.54) is 32.5 Å². The number of hydrogen-bond acceptors (Lipinski definition) is 3. The smallest absolute Gasteiger partial charge is 0.269 e. The second-order valence-electron chi connectivity index (χ2n) is 7.25. The zero-order valence-electron chi connectivity index (χ0n) is 13.4. The van der Waals surface area contributed by atoms with E-state index in [2.05, 4.69) is 17.1 Å². The summed E-state index contributed by atoms with van der Waals surface area (Å²) >= 11 is 0. The molecule has 5 nitrogen and oxygen atoms in total. The lowest BCUT2D eigenvalue weighted by atomic mass is 9.93. The highest BCUT2D eigenvalue weighted by Crippen LogP contribution is 2.42. The SMILES string of the molecule is O=[N+]([O-])c1ccc(N2CC[NH+](C[C@@H]3C[C@H]4C=C[C@H]3C4)CC2)cc1. The number of fused-ring (bicyclic) bond motifs is 2. The lowest BCUT2D eigenvalue weighted by Crippen LogP contribution is -3.15. The second-order valence-corrected chi connectivity index (χ2v) is 7.25. The summed E-state index contributed by atoms with van der Waals surface area (Å²) in [5, 5.41) is 10.7. The number of allylic oxidation sites excluding steroid dienone is 2. The molecule has 3 aliphatic rings. The third-order valence-electron chi connectivity index (χ3n) is 5.86. The zero-order chi connectivity index (χ0) is 15.8. The van der Waals surface area contributed by atoms with Crippen LogP contribution in [0.5, 0.6) is 0 Å². The van der Waals surface area contributed by atoms with Crippen molar-refractivity contribution < 1.29 is 9.82 Å². The molecule has 4 rings (SSSR count). The van der Waals surface area contributed by atoms with Crippen LogP contribution in [0.3, 0.4) is 0 Å². The van der Waals surface area contributed by atoms with Gasteiger partial charge in [0.05, 0.1) is 37.6 Å². The van der Waals surface area contributed by atoms with Gasteiger partial charge in [-0.3, -0.25) is 10.1 Å². The standard InChI is InChI=1S/C18H23N3O2/c22-21(23)18-5-3-17(4-6-18)20-9-7-19(8-10-20)13-16-12-14-1-2-15(16)11-14/h1-6,14-16H,7-13H2/p+1/t14-,15-,16-/m0/s1. The summed E-state index contributed by atoms with van der Waals surface area (Å²) in [6, 6.07) is 6.97. The van der Waals surface area contributed by atoms with E-state index in [1.807, 2.05) is 12.1 Å². The molecule has 1 saturated heterocycles. The summed E-state index contributed by atoms with van der Waals surface area (Å²) in [5.41, 5.74) is 1.28. The Balaban J connectivity index is 1.30. The first-order valence-corrected chi connectivity index (χ1v) is 8.70. The first-order chi connectivity index (χ1) is 11.2. The third kappa shape index (κ3) is 2.98. The van der Waals surface area contributed by atoms with Crippen LogP contribution in [-0.4, -0.2) is 37.6 Å². The van der Waals surface area contributed by atoms with E-state index in [0.29, 0.717) is 0 Å². The molecule has 5 heteroatoms. The number of nitro groups is 1. The number of piperazine rings is 1. The van der Waals surface area contributed by atoms with Gasteiger partial charge in [0, 0.05) is 23.7 Å². The fraction of sp³-hybridized carbons (Fsp3) is 0.556. The maximum Gasteiger partial charge on any atom is 0.269 e. The Morgan fingerprint density at radius 3 is 2.43 bits per heavy atom. The van der Waals surface area contributed by atoms with Crippen LogP contribution in [0, 0.1) is 27.9 Å². The van der Waals surface area contributed by atoms with Gasteiger partial charge in [-0.15, -0.1) is 0 Å². The van der Waals surface area contributed by atoms with Crippen molar-refractivity contribution in [2.45, 2.75) is 12.8 Å². The molecule has 1 aliphatic heterocycles. The third-order valence-corrected chi connectivity index (χ3v) is 5.86. The zero-order valence-corrected chi connectivity index (χ0v) is 13.4. The van der Waals surface area contributed by atoms with E-state index in [0.717, 1.165) is 36.5 Å². The molecule has 0 spiro atoms. The van der Waals surface area contributed by atoms with Crippen LogP contribution in [0.25, 0.3) is 0 Å². The molecule has 1 heterocycles. The summed E-state index contributed by atoms with van der Waals surface area (Å²) in [4.78, 5) is 14.5. The lowest BCUT2D eigenvalue weighted by Gasteiger charge is -2.35. The molecule has 1 saturated carbocycles. The summed E-state index contributed by atoms with van der Waals surface area (Å²) < 4.78 is 0. The Morgan fingerprint density at radius 2 is 1.87 bits per heavy atom. The molecular formula is C18H24N3O2+. The van der Waals surface area contributed by atoms with Crippen LogP contribution in [0.1, 0.15) is 12.8 Å². The summed E-state index contributed by atoms with van der Waals surface area (Å²) in [7, 11) is 0. The van der Waals surface area contributed by atoms with Gasteiger partial charge in [0.25, 0.3) is 5.69 Å². The van der Waals surface area contributed by atoms with E-state index in [1.54, 1.807) is 17.0 Å². The molecule has 2 aliphatic carbocycles. The van der Waals surface area contributed by atoms with Crippen LogP contribution in [0.2, 0.25) is 0 Å². The molecule has 2 bridgehead atoms. The van der Waals surface area contributed by atoms with Gasteiger partial charge >= 0.3 is 0 Å². The van der Waals surface area contributed by atoms with Crippen molar-refractivity contribution in [3.63, 3.8) is 0 Å². The number of anilines is 1. The van der Waals surface area contributed by atoms with Gasteiger partial charge in [0.1, 0.15) is 0 Å². The quantitative estimate of drug-likeness (QED) is 0.521. The van der Waals surface area contributed by atoms with Crippen molar-refractivity contribution in [1.82, 2.24) is 0 Å². The van der Waals surface area contributed by atoms with Crippen molar-refractivity contribution >= 4 is 11.4 Å². The number of rotatable bonds is 4. The summed E-state index contributed by atoms with van der Waals surface area (Å²) in [5.74, 6) is 2.61. The highest BCUT2D eigenvalue weighted by molar-refractivity contribution is 5.51. The van der Waals surface area contributed by atoms with Gasteiger partial charge in [0.2, 0.25) is 0 Å². The van der Waals surface area contributed by atoms with E-state index in [-0.39, 0.29) is 10.6 Å². The Hall–Kier alpha value is -1.88. The van der Waals surface area contributed by atoms with Crippen molar-refractivity contribution in [3.05, 3.63) is 46.5 Å². The van der Waals surface area contributed by atoms with Crippen molar-refractivity contribution in [2.75, 3.05) is 37.6 Å². The van der Waals surface area contributed by atoms with Gasteiger partial charge in [0.15, 0.2) is 0 Å². The lowest BCUT2D eigenvalue weighted by molar-refractivity contribution is -0.904. The van der Waals surface area contributed by atoms with E-state index < -0.39 is 0 Å². The van der Waals surface area contributed by atoms with Crippen molar-refractivity contribution in [1.29, 1.82) is 0 Å². The largest absolute Gasteiger partial charge is 0.360 e. The predicted octanol–water partition coefficient (Wildman–Crippen LogP) is 1.51. The van der Waals surface area contributed by atoms with E-state index in [4.69, 9.17) is 0 Å². The van der Waals surface area contributed by atoms with Crippen LogP contribution < -0.4 is 9.80 Å². The van der Waals surface area contributed by atoms with Crippen molar-refractivity contribution in [2.24, 2.45) is 17.8 Å². The maximum atomic E-state index is 10.7. The van der Waals surface area contributed by atoms with Crippen molar-refractivity contribution in [3.8, 4) is 0 Å². The number of hydrogen-bond donors (Lipinski definition) is 1. The number of quaternary nitrogens is 1. The Morgan fingerprint density at radius 1 is 1.13 bits per heavy atom. The molecule has 1 aromatic rings. The predicted molar refractivity (Wildman–Crippen MR) is 89.7 cm³/mol. The molecule has 23 heavy (non-hydrogen) atoms. The van der Waals surface area contributed by atoms with Gasteiger partial charge in [-0.2, -0.15) is 0 Å². The topological polar surface area (TPSA) is 50.8 Å². The number of nitro benzene ring substituents is 1. The van der Waals surface area contributed by atoms with Crippen LogP contribution >= 0.6 is 0 Å². The highest BCUT2D eigenvalue weighted by Gasteiger charge is 2.38. The summed E-state index contributed by atoms with van der Waals surface area (Å²) in [6.45, 7) is 5.76. The van der Waals surface area contributed by atoms with Gasteiger partial charge in [-0.1, -0.05) is 12.2 Å². The first-order valence-electron chi connectivity index (χ1n) is 8.70. The molecule has 0 unspecified atom stereocenters. The Labute approximate surface area is 136 Å². The second kappa shape index (κ2) is 5.96. The molecule has 1 aromatic carbocycles. The molecule has 3 atom stereocenters. The van der Waals surface area contributed by atoms with Crippen LogP contribution in [-0.2, 0) is 0 Å². The monoisotopic (exact) mass is 314 g/mol. The average molecular weight is 314 g/mol. The molecule has 122 valence electrons. The van der Waals surface area contributed by atoms with Gasteiger partial charge < -0.3 is 9.80 Å². The van der Waals surface area contributed by atoms with E-state index in [9.17, 15) is 10.1 Å². The minimum absolute atomic E-state index is 0.169. The number of benzene rings is 1. The molecule has 0 aromatic heterocycles. The molecule has 2 fully saturated rings.